The molecule has 2 nitrogen and oxygen atoms in total. The van der Waals surface area contributed by atoms with Crippen molar-refractivity contribution in [3.8, 4) is 0 Å². The Morgan fingerprint density at radius 3 is 2.75 bits per heavy atom. The van der Waals surface area contributed by atoms with Crippen LogP contribution in [0.1, 0.15) is 26.2 Å². The van der Waals surface area contributed by atoms with Crippen LogP contribution in [0.4, 0.5) is 0 Å². The summed E-state index contributed by atoms with van der Waals surface area (Å²) in [6, 6.07) is 0.696. The van der Waals surface area contributed by atoms with E-state index in [0.29, 0.717) is 6.04 Å². The van der Waals surface area contributed by atoms with Crippen molar-refractivity contribution in [1.29, 1.82) is 0 Å². The minimum atomic E-state index is 0.696. The van der Waals surface area contributed by atoms with Crippen LogP contribution in [-0.2, 0) is 0 Å². The zero-order valence-corrected chi connectivity index (χ0v) is 9.93. The first-order valence-corrected chi connectivity index (χ1v) is 6.12. The first-order valence-electron chi connectivity index (χ1n) is 4.87. The topological polar surface area (TPSA) is 24.1 Å². The fraction of sp³-hybridized carbons (Fsp3) is 1.00. The number of nitrogens with one attached hydrogen (secondary N) is 2. The number of rotatable bonds is 0. The van der Waals surface area contributed by atoms with Gasteiger partial charge in [-0.15, -0.1) is 0 Å². The highest BCUT2D eigenvalue weighted by atomic mass is 127. The predicted octanol–water partition coefficient (Wildman–Crippen LogP) is 1.54. The van der Waals surface area contributed by atoms with Gasteiger partial charge in [0.05, 0.1) is 0 Å². The maximum absolute atomic E-state index is 3.51. The molecule has 72 valence electrons. The summed E-state index contributed by atoms with van der Waals surface area (Å²) in [5.41, 5.74) is 0. The fourth-order valence-electron chi connectivity index (χ4n) is 1.47. The van der Waals surface area contributed by atoms with Gasteiger partial charge in [0.25, 0.3) is 0 Å². The van der Waals surface area contributed by atoms with Gasteiger partial charge < -0.3 is 10.6 Å². The Kier molecular flexibility index (Phi) is 5.50. The summed E-state index contributed by atoms with van der Waals surface area (Å²) in [5.74, 6) is 0. The highest BCUT2D eigenvalue weighted by Gasteiger charge is 2.08. The van der Waals surface area contributed by atoms with Crippen molar-refractivity contribution in [2.75, 3.05) is 19.6 Å². The molecule has 0 saturated carbocycles. The lowest BCUT2D eigenvalue weighted by molar-refractivity contribution is 0.463. The number of alkyl halides is 1. The normalized spacial score (nSPS) is 34.5. The summed E-state index contributed by atoms with van der Waals surface area (Å²) in [4.78, 5) is 0. The second-order valence-corrected chi connectivity index (χ2v) is 5.33. The van der Waals surface area contributed by atoms with E-state index in [1.165, 1.54) is 25.8 Å². The Morgan fingerprint density at radius 1 is 1.08 bits per heavy atom. The van der Waals surface area contributed by atoms with E-state index in [1.54, 1.807) is 0 Å². The van der Waals surface area contributed by atoms with Crippen LogP contribution in [0.5, 0.6) is 0 Å². The molecular weight excluding hydrogens is 263 g/mol. The first kappa shape index (κ1) is 10.7. The molecule has 0 aromatic heterocycles. The molecule has 1 unspecified atom stereocenters. The van der Waals surface area contributed by atoms with Crippen LogP contribution in [0.2, 0.25) is 0 Å². The molecule has 1 rings (SSSR count). The van der Waals surface area contributed by atoms with Crippen molar-refractivity contribution in [1.82, 2.24) is 10.6 Å². The molecule has 0 amide bonds. The van der Waals surface area contributed by atoms with Crippen LogP contribution < -0.4 is 10.6 Å². The maximum atomic E-state index is 3.51. The molecule has 1 heterocycles. The van der Waals surface area contributed by atoms with Gasteiger partial charge in [-0.2, -0.15) is 0 Å². The zero-order chi connectivity index (χ0) is 8.81. The fourth-order valence-corrected chi connectivity index (χ4v) is 2.14. The molecule has 0 radical (unpaired) electrons. The quantitative estimate of drug-likeness (QED) is 0.520. The van der Waals surface area contributed by atoms with E-state index in [-0.39, 0.29) is 0 Å². The van der Waals surface area contributed by atoms with E-state index in [9.17, 15) is 0 Å². The minimum Gasteiger partial charge on any atom is -0.315 e. The van der Waals surface area contributed by atoms with Crippen molar-refractivity contribution in [3.63, 3.8) is 0 Å². The molecule has 0 aliphatic carbocycles. The third-order valence-corrected chi connectivity index (χ3v) is 3.59. The van der Waals surface area contributed by atoms with Gasteiger partial charge in [0.15, 0.2) is 0 Å². The zero-order valence-electron chi connectivity index (χ0n) is 7.78. The van der Waals surface area contributed by atoms with Gasteiger partial charge in [0, 0.05) is 23.1 Å². The van der Waals surface area contributed by atoms with Gasteiger partial charge in [0.2, 0.25) is 0 Å². The molecule has 1 fully saturated rings. The molecule has 1 aliphatic rings. The highest BCUT2D eigenvalue weighted by Crippen LogP contribution is 2.14. The van der Waals surface area contributed by atoms with E-state index in [4.69, 9.17) is 0 Å². The minimum absolute atomic E-state index is 0.696. The van der Waals surface area contributed by atoms with E-state index in [2.05, 4.69) is 40.1 Å². The van der Waals surface area contributed by atoms with Crippen LogP contribution in [0.25, 0.3) is 0 Å². The summed E-state index contributed by atoms with van der Waals surface area (Å²) in [6.45, 7) is 5.70. The molecule has 0 aromatic carbocycles. The predicted molar refractivity (Wildman–Crippen MR) is 62.0 cm³/mol. The maximum Gasteiger partial charge on any atom is 0.0122 e. The Balaban J connectivity index is 2.23. The summed E-state index contributed by atoms with van der Waals surface area (Å²) in [6.07, 6.45) is 4.01. The smallest absolute Gasteiger partial charge is 0.0122 e. The van der Waals surface area contributed by atoms with E-state index < -0.39 is 0 Å². The van der Waals surface area contributed by atoms with Gasteiger partial charge in [-0.25, -0.2) is 0 Å². The Hall–Kier alpha value is 0.650. The Bertz CT molecular complexity index is 105. The van der Waals surface area contributed by atoms with Gasteiger partial charge >= 0.3 is 0 Å². The van der Waals surface area contributed by atoms with Gasteiger partial charge in [-0.05, 0) is 32.7 Å². The molecule has 3 heteroatoms. The van der Waals surface area contributed by atoms with Crippen molar-refractivity contribution in [2.24, 2.45) is 0 Å². The molecule has 2 N–H and O–H groups in total. The van der Waals surface area contributed by atoms with E-state index in [1.807, 2.05) is 0 Å². The molecule has 0 spiro atoms. The van der Waals surface area contributed by atoms with Crippen LogP contribution in [-0.4, -0.2) is 29.6 Å². The lowest BCUT2D eigenvalue weighted by Crippen LogP contribution is -2.35. The number of hydrogen-bond acceptors (Lipinski definition) is 2. The third kappa shape index (κ3) is 4.62. The molecule has 0 aromatic rings. The number of hydrogen-bond donors (Lipinski definition) is 2. The Morgan fingerprint density at radius 2 is 1.92 bits per heavy atom. The molecule has 1 saturated heterocycles. The van der Waals surface area contributed by atoms with Crippen LogP contribution in [0, 0.1) is 0 Å². The summed E-state index contributed by atoms with van der Waals surface area (Å²) < 4.78 is 0.859. The monoisotopic (exact) mass is 282 g/mol. The summed E-state index contributed by atoms with van der Waals surface area (Å²) in [5, 5.41) is 6.95. The molecule has 0 bridgehead atoms. The SMILES string of the molecule is C[C@H]1CCC(I)CCNCCN1. The van der Waals surface area contributed by atoms with Crippen molar-refractivity contribution in [2.45, 2.75) is 36.2 Å². The highest BCUT2D eigenvalue weighted by molar-refractivity contribution is 14.1. The van der Waals surface area contributed by atoms with Crippen molar-refractivity contribution < 1.29 is 0 Å². The van der Waals surface area contributed by atoms with Crippen LogP contribution in [0.3, 0.4) is 0 Å². The molecular formula is C9H19IN2. The van der Waals surface area contributed by atoms with Crippen molar-refractivity contribution >= 4 is 22.6 Å². The second kappa shape index (κ2) is 6.16. The lowest BCUT2D eigenvalue weighted by atomic mass is 10.1. The van der Waals surface area contributed by atoms with Crippen LogP contribution >= 0.6 is 22.6 Å². The van der Waals surface area contributed by atoms with E-state index >= 15 is 0 Å². The van der Waals surface area contributed by atoms with Gasteiger partial charge in [-0.1, -0.05) is 22.6 Å². The van der Waals surface area contributed by atoms with Gasteiger partial charge in [0.1, 0.15) is 0 Å². The largest absolute Gasteiger partial charge is 0.315 e. The lowest BCUT2D eigenvalue weighted by Gasteiger charge is -2.19. The number of halogens is 1. The standard InChI is InChI=1S/C9H19IN2/c1-8-2-3-9(10)4-5-11-6-7-12-8/h8-9,11-12H,2-7H2,1H3/t8-,9?/m0/s1. The van der Waals surface area contributed by atoms with E-state index in [0.717, 1.165) is 17.0 Å². The third-order valence-electron chi connectivity index (χ3n) is 2.34. The van der Waals surface area contributed by atoms with Crippen LogP contribution in [0.15, 0.2) is 0 Å². The molecule has 2 atom stereocenters. The first-order chi connectivity index (χ1) is 5.79. The summed E-state index contributed by atoms with van der Waals surface area (Å²) in [7, 11) is 0. The average molecular weight is 282 g/mol. The molecule has 1 aliphatic heterocycles. The molecule has 12 heavy (non-hydrogen) atoms. The second-order valence-electron chi connectivity index (χ2n) is 3.57. The van der Waals surface area contributed by atoms with Gasteiger partial charge in [-0.3, -0.25) is 0 Å². The Labute approximate surface area is 89.0 Å². The summed E-state index contributed by atoms with van der Waals surface area (Å²) >= 11 is 2.57. The average Bonchev–Trinajstić information content (AvgIpc) is 2.07. The van der Waals surface area contributed by atoms with Crippen molar-refractivity contribution in [3.05, 3.63) is 0 Å².